The third-order valence-electron chi connectivity index (χ3n) is 4.14. The second-order valence-electron chi connectivity index (χ2n) is 6.31. The standard InChI is InChI=1S/C17H27N3O.ClH/c1-13(2)15-6-3-7-16(9-15)19-17(21)12-20-8-4-5-14(10-18)11-20;/h3,6-7,9,13-14H,4-5,8,10-12,18H2,1-2H3,(H,19,21);1H. The molecule has 0 aliphatic carbocycles. The van der Waals surface area contributed by atoms with Crippen molar-refractivity contribution in [3.8, 4) is 0 Å². The van der Waals surface area contributed by atoms with Crippen LogP contribution in [0, 0.1) is 5.92 Å². The molecule has 0 saturated carbocycles. The molecule has 2 rings (SSSR count). The molecular weight excluding hydrogens is 298 g/mol. The van der Waals surface area contributed by atoms with Crippen LogP contribution >= 0.6 is 12.4 Å². The number of benzene rings is 1. The smallest absolute Gasteiger partial charge is 0.238 e. The van der Waals surface area contributed by atoms with E-state index in [2.05, 4.69) is 36.2 Å². The highest BCUT2D eigenvalue weighted by molar-refractivity contribution is 5.92. The molecule has 124 valence electrons. The van der Waals surface area contributed by atoms with Crippen molar-refractivity contribution >= 4 is 24.0 Å². The van der Waals surface area contributed by atoms with Gasteiger partial charge in [0.2, 0.25) is 5.91 Å². The Morgan fingerprint density at radius 1 is 1.45 bits per heavy atom. The molecule has 3 N–H and O–H groups in total. The number of hydrogen-bond donors (Lipinski definition) is 2. The molecule has 1 fully saturated rings. The maximum Gasteiger partial charge on any atom is 0.238 e. The Balaban J connectivity index is 0.00000242. The fourth-order valence-corrected chi connectivity index (χ4v) is 2.87. The Morgan fingerprint density at radius 2 is 2.23 bits per heavy atom. The first-order chi connectivity index (χ1) is 10.1. The maximum absolute atomic E-state index is 12.2. The molecule has 0 spiro atoms. The van der Waals surface area contributed by atoms with Gasteiger partial charge in [-0.25, -0.2) is 0 Å². The predicted molar refractivity (Wildman–Crippen MR) is 94.6 cm³/mol. The molecule has 0 radical (unpaired) electrons. The fraction of sp³-hybridized carbons (Fsp3) is 0.588. The molecule has 1 unspecified atom stereocenters. The topological polar surface area (TPSA) is 58.4 Å². The highest BCUT2D eigenvalue weighted by Gasteiger charge is 2.20. The van der Waals surface area contributed by atoms with E-state index in [1.54, 1.807) is 0 Å². The van der Waals surface area contributed by atoms with Crippen molar-refractivity contribution in [2.24, 2.45) is 11.7 Å². The molecule has 22 heavy (non-hydrogen) atoms. The zero-order valence-corrected chi connectivity index (χ0v) is 14.4. The van der Waals surface area contributed by atoms with Crippen LogP contribution in [-0.4, -0.2) is 37.0 Å². The van der Waals surface area contributed by atoms with Crippen molar-refractivity contribution in [3.05, 3.63) is 29.8 Å². The third kappa shape index (κ3) is 5.59. The number of nitrogens with two attached hydrogens (primary N) is 1. The van der Waals surface area contributed by atoms with Crippen LogP contribution in [0.1, 0.15) is 38.2 Å². The quantitative estimate of drug-likeness (QED) is 0.875. The minimum absolute atomic E-state index is 0. The molecule has 0 bridgehead atoms. The van der Waals surface area contributed by atoms with Crippen molar-refractivity contribution in [2.75, 3.05) is 31.5 Å². The average molecular weight is 326 g/mol. The molecule has 1 atom stereocenters. The highest BCUT2D eigenvalue weighted by atomic mass is 35.5. The summed E-state index contributed by atoms with van der Waals surface area (Å²) in [6.45, 7) is 7.42. The molecule has 1 aliphatic heterocycles. The van der Waals surface area contributed by atoms with Crippen molar-refractivity contribution in [2.45, 2.75) is 32.6 Å². The monoisotopic (exact) mass is 325 g/mol. The van der Waals surface area contributed by atoms with E-state index in [1.165, 1.54) is 12.0 Å². The Kier molecular flexibility index (Phi) is 7.87. The van der Waals surface area contributed by atoms with Gasteiger partial charge in [-0.15, -0.1) is 12.4 Å². The second-order valence-corrected chi connectivity index (χ2v) is 6.31. The number of nitrogens with zero attached hydrogens (tertiary/aromatic N) is 1. The van der Waals surface area contributed by atoms with Gasteiger partial charge in [-0.1, -0.05) is 26.0 Å². The van der Waals surface area contributed by atoms with E-state index < -0.39 is 0 Å². The molecule has 4 nitrogen and oxygen atoms in total. The largest absolute Gasteiger partial charge is 0.330 e. The van der Waals surface area contributed by atoms with Gasteiger partial charge < -0.3 is 11.1 Å². The van der Waals surface area contributed by atoms with E-state index in [0.717, 1.165) is 25.2 Å². The summed E-state index contributed by atoms with van der Waals surface area (Å²) in [4.78, 5) is 14.4. The number of nitrogens with one attached hydrogen (secondary N) is 1. The van der Waals surface area contributed by atoms with Crippen molar-refractivity contribution in [1.29, 1.82) is 0 Å². The van der Waals surface area contributed by atoms with Gasteiger partial charge in [-0.2, -0.15) is 0 Å². The van der Waals surface area contributed by atoms with Crippen LogP contribution in [0.25, 0.3) is 0 Å². The number of anilines is 1. The lowest BCUT2D eigenvalue weighted by Crippen LogP contribution is -2.42. The summed E-state index contributed by atoms with van der Waals surface area (Å²) in [7, 11) is 0. The highest BCUT2D eigenvalue weighted by Crippen LogP contribution is 2.19. The first-order valence-electron chi connectivity index (χ1n) is 7.90. The molecule has 1 heterocycles. The summed E-state index contributed by atoms with van der Waals surface area (Å²) in [5.74, 6) is 1.07. The second kappa shape index (κ2) is 9.13. The lowest BCUT2D eigenvalue weighted by atomic mass is 9.98. The third-order valence-corrected chi connectivity index (χ3v) is 4.14. The number of amides is 1. The van der Waals surface area contributed by atoms with E-state index >= 15 is 0 Å². The summed E-state index contributed by atoms with van der Waals surface area (Å²) in [6, 6.07) is 8.09. The van der Waals surface area contributed by atoms with Gasteiger partial charge in [-0.3, -0.25) is 9.69 Å². The number of carbonyl (C=O) groups excluding carboxylic acids is 1. The summed E-state index contributed by atoms with van der Waals surface area (Å²) >= 11 is 0. The minimum atomic E-state index is 0. The Labute approximate surface area is 139 Å². The first kappa shape index (κ1) is 18.9. The van der Waals surface area contributed by atoms with Crippen LogP contribution in [0.3, 0.4) is 0 Å². The number of rotatable bonds is 5. The van der Waals surface area contributed by atoms with E-state index in [4.69, 9.17) is 5.73 Å². The molecular formula is C17H28ClN3O. The van der Waals surface area contributed by atoms with E-state index in [1.807, 2.05) is 12.1 Å². The Morgan fingerprint density at radius 3 is 2.91 bits per heavy atom. The zero-order chi connectivity index (χ0) is 15.2. The number of hydrogen-bond acceptors (Lipinski definition) is 3. The van der Waals surface area contributed by atoms with Gasteiger partial charge in [0.05, 0.1) is 6.54 Å². The SMILES string of the molecule is CC(C)c1cccc(NC(=O)CN2CCCC(CN)C2)c1.Cl. The summed E-state index contributed by atoms with van der Waals surface area (Å²) in [5, 5.41) is 3.01. The number of carbonyl (C=O) groups is 1. The van der Waals surface area contributed by atoms with E-state index in [0.29, 0.717) is 24.9 Å². The lowest BCUT2D eigenvalue weighted by Gasteiger charge is -2.31. The van der Waals surface area contributed by atoms with Crippen molar-refractivity contribution in [1.82, 2.24) is 4.90 Å². The van der Waals surface area contributed by atoms with Crippen LogP contribution in [0.5, 0.6) is 0 Å². The average Bonchev–Trinajstić information content (AvgIpc) is 2.47. The fourth-order valence-electron chi connectivity index (χ4n) is 2.87. The van der Waals surface area contributed by atoms with Crippen LogP contribution in [0.2, 0.25) is 0 Å². The van der Waals surface area contributed by atoms with E-state index in [-0.39, 0.29) is 18.3 Å². The number of halogens is 1. The molecule has 0 aromatic heterocycles. The number of piperidine rings is 1. The van der Waals surface area contributed by atoms with Crippen molar-refractivity contribution < 1.29 is 4.79 Å². The molecule has 1 amide bonds. The predicted octanol–water partition coefficient (Wildman–Crippen LogP) is 2.84. The van der Waals surface area contributed by atoms with Gasteiger partial charge in [0.1, 0.15) is 0 Å². The molecule has 1 aromatic carbocycles. The Bertz CT molecular complexity index is 479. The zero-order valence-electron chi connectivity index (χ0n) is 13.5. The summed E-state index contributed by atoms with van der Waals surface area (Å²) in [5.41, 5.74) is 7.87. The minimum Gasteiger partial charge on any atom is -0.330 e. The van der Waals surface area contributed by atoms with Gasteiger partial charge in [0.15, 0.2) is 0 Å². The Hall–Kier alpha value is -1.10. The van der Waals surface area contributed by atoms with Gasteiger partial charge >= 0.3 is 0 Å². The normalized spacial score (nSPS) is 18.8. The lowest BCUT2D eigenvalue weighted by molar-refractivity contribution is -0.117. The van der Waals surface area contributed by atoms with Gasteiger partial charge in [0, 0.05) is 12.2 Å². The number of likely N-dealkylation sites (tertiary alicyclic amines) is 1. The maximum atomic E-state index is 12.2. The summed E-state index contributed by atoms with van der Waals surface area (Å²) in [6.07, 6.45) is 2.32. The van der Waals surface area contributed by atoms with Gasteiger partial charge in [-0.05, 0) is 55.5 Å². The van der Waals surface area contributed by atoms with Crippen LogP contribution in [-0.2, 0) is 4.79 Å². The first-order valence-corrected chi connectivity index (χ1v) is 7.90. The molecule has 5 heteroatoms. The summed E-state index contributed by atoms with van der Waals surface area (Å²) < 4.78 is 0. The van der Waals surface area contributed by atoms with Crippen molar-refractivity contribution in [3.63, 3.8) is 0 Å². The van der Waals surface area contributed by atoms with Crippen LogP contribution in [0.4, 0.5) is 5.69 Å². The van der Waals surface area contributed by atoms with E-state index in [9.17, 15) is 4.79 Å². The molecule has 1 saturated heterocycles. The van der Waals surface area contributed by atoms with Gasteiger partial charge in [0.25, 0.3) is 0 Å². The molecule has 1 aliphatic rings. The van der Waals surface area contributed by atoms with Crippen LogP contribution < -0.4 is 11.1 Å². The van der Waals surface area contributed by atoms with Crippen LogP contribution in [0.15, 0.2) is 24.3 Å². The molecule has 1 aromatic rings.